The van der Waals surface area contributed by atoms with Crippen LogP contribution in [0.25, 0.3) is 0 Å². The molecule has 2 rings (SSSR count). The lowest BCUT2D eigenvalue weighted by molar-refractivity contribution is -0.115. The molecular formula is C15H13N3O3. The first-order chi connectivity index (χ1) is 10.2. The first-order valence-corrected chi connectivity index (χ1v) is 6.26. The van der Waals surface area contributed by atoms with E-state index in [2.05, 4.69) is 10.6 Å². The molecule has 0 fully saturated rings. The largest absolute Gasteiger partial charge is 0.467 e. The van der Waals surface area contributed by atoms with Crippen LogP contribution in [0.1, 0.15) is 22.5 Å². The zero-order valence-electron chi connectivity index (χ0n) is 11.1. The predicted octanol–water partition coefficient (Wildman–Crippen LogP) is 2.06. The quantitative estimate of drug-likeness (QED) is 0.878. The molecule has 2 amide bonds. The molecule has 0 aliphatic rings. The van der Waals surface area contributed by atoms with Crippen LogP contribution in [-0.2, 0) is 11.3 Å². The van der Waals surface area contributed by atoms with Gasteiger partial charge in [-0.15, -0.1) is 0 Å². The van der Waals surface area contributed by atoms with Gasteiger partial charge in [-0.05, 0) is 36.4 Å². The van der Waals surface area contributed by atoms with Crippen LogP contribution < -0.4 is 10.6 Å². The van der Waals surface area contributed by atoms with Crippen LogP contribution in [0.3, 0.4) is 0 Å². The highest BCUT2D eigenvalue weighted by atomic mass is 16.3. The van der Waals surface area contributed by atoms with Crippen molar-refractivity contribution >= 4 is 17.5 Å². The predicted molar refractivity (Wildman–Crippen MR) is 75.2 cm³/mol. The maximum absolute atomic E-state index is 11.9. The topological polar surface area (TPSA) is 95.1 Å². The number of carbonyl (C=O) groups is 2. The SMILES string of the molecule is N#CCC(=O)Nc1ccc(C(=O)NCc2ccco2)cc1. The molecule has 6 nitrogen and oxygen atoms in total. The van der Waals surface area contributed by atoms with Gasteiger partial charge in [0.05, 0.1) is 18.9 Å². The van der Waals surface area contributed by atoms with E-state index in [0.717, 1.165) is 0 Å². The van der Waals surface area contributed by atoms with Crippen molar-refractivity contribution in [3.8, 4) is 6.07 Å². The van der Waals surface area contributed by atoms with Gasteiger partial charge in [-0.1, -0.05) is 0 Å². The summed E-state index contributed by atoms with van der Waals surface area (Å²) in [5.74, 6) is 0.0533. The summed E-state index contributed by atoms with van der Waals surface area (Å²) >= 11 is 0. The maximum atomic E-state index is 11.9. The summed E-state index contributed by atoms with van der Waals surface area (Å²) in [7, 11) is 0. The van der Waals surface area contributed by atoms with E-state index in [1.54, 1.807) is 48.7 Å². The lowest BCUT2D eigenvalue weighted by atomic mass is 10.2. The molecule has 2 N–H and O–H groups in total. The average molecular weight is 283 g/mol. The van der Waals surface area contributed by atoms with Crippen LogP contribution in [0, 0.1) is 11.3 Å². The van der Waals surface area contributed by atoms with E-state index >= 15 is 0 Å². The van der Waals surface area contributed by atoms with Gasteiger partial charge >= 0.3 is 0 Å². The second-order valence-corrected chi connectivity index (χ2v) is 4.22. The number of hydrogen-bond acceptors (Lipinski definition) is 4. The highest BCUT2D eigenvalue weighted by Gasteiger charge is 2.07. The van der Waals surface area contributed by atoms with Gasteiger partial charge in [0.15, 0.2) is 0 Å². The van der Waals surface area contributed by atoms with Crippen LogP contribution >= 0.6 is 0 Å². The van der Waals surface area contributed by atoms with E-state index in [4.69, 9.17) is 9.68 Å². The van der Waals surface area contributed by atoms with E-state index in [-0.39, 0.29) is 18.2 Å². The highest BCUT2D eigenvalue weighted by Crippen LogP contribution is 2.10. The Morgan fingerprint density at radius 3 is 2.57 bits per heavy atom. The molecule has 6 heteroatoms. The third kappa shape index (κ3) is 4.21. The van der Waals surface area contributed by atoms with Crippen LogP contribution in [0.4, 0.5) is 5.69 Å². The molecule has 1 aromatic carbocycles. The Labute approximate surface area is 121 Å². The smallest absolute Gasteiger partial charge is 0.251 e. The van der Waals surface area contributed by atoms with Crippen LogP contribution in [0.5, 0.6) is 0 Å². The van der Waals surface area contributed by atoms with Gasteiger partial charge in [-0.25, -0.2) is 0 Å². The monoisotopic (exact) mass is 283 g/mol. The number of benzene rings is 1. The van der Waals surface area contributed by atoms with Crippen LogP contribution in [0.2, 0.25) is 0 Å². The molecule has 0 atom stereocenters. The van der Waals surface area contributed by atoms with E-state index < -0.39 is 0 Å². The van der Waals surface area contributed by atoms with E-state index in [1.165, 1.54) is 0 Å². The minimum Gasteiger partial charge on any atom is -0.467 e. The van der Waals surface area contributed by atoms with Crippen molar-refractivity contribution < 1.29 is 14.0 Å². The maximum Gasteiger partial charge on any atom is 0.251 e. The van der Waals surface area contributed by atoms with Crippen molar-refractivity contribution in [1.82, 2.24) is 5.32 Å². The Hall–Kier alpha value is -3.07. The zero-order chi connectivity index (χ0) is 15.1. The number of carbonyl (C=O) groups excluding carboxylic acids is 2. The number of amides is 2. The molecule has 1 heterocycles. The van der Waals surface area contributed by atoms with Gasteiger partial charge < -0.3 is 15.1 Å². The number of hydrogen-bond donors (Lipinski definition) is 2. The second kappa shape index (κ2) is 6.91. The summed E-state index contributed by atoms with van der Waals surface area (Å²) in [6.07, 6.45) is 1.34. The molecule has 0 unspecified atom stereocenters. The van der Waals surface area contributed by atoms with Gasteiger partial charge in [0.25, 0.3) is 5.91 Å². The Morgan fingerprint density at radius 2 is 1.95 bits per heavy atom. The van der Waals surface area contributed by atoms with Crippen LogP contribution in [0.15, 0.2) is 47.1 Å². The normalized spacial score (nSPS) is 9.67. The fourth-order valence-corrected chi connectivity index (χ4v) is 1.66. The summed E-state index contributed by atoms with van der Waals surface area (Å²) in [5, 5.41) is 13.7. The van der Waals surface area contributed by atoms with Gasteiger partial charge in [0.2, 0.25) is 5.91 Å². The number of rotatable bonds is 5. The van der Waals surface area contributed by atoms with E-state index in [1.807, 2.05) is 0 Å². The van der Waals surface area contributed by atoms with Crippen molar-refractivity contribution in [2.24, 2.45) is 0 Å². The second-order valence-electron chi connectivity index (χ2n) is 4.22. The summed E-state index contributed by atoms with van der Waals surface area (Å²) in [4.78, 5) is 23.1. The molecule has 0 saturated heterocycles. The average Bonchev–Trinajstić information content (AvgIpc) is 2.99. The molecule has 0 bridgehead atoms. The molecule has 0 aliphatic heterocycles. The Balaban J connectivity index is 1.90. The van der Waals surface area contributed by atoms with Crippen molar-refractivity contribution in [1.29, 1.82) is 5.26 Å². The van der Waals surface area contributed by atoms with Crippen molar-refractivity contribution in [3.05, 3.63) is 54.0 Å². The Morgan fingerprint density at radius 1 is 1.19 bits per heavy atom. The first-order valence-electron chi connectivity index (χ1n) is 6.26. The molecule has 106 valence electrons. The minimum atomic E-state index is -0.382. The number of nitrogens with zero attached hydrogens (tertiary/aromatic N) is 1. The van der Waals surface area contributed by atoms with Gasteiger partial charge in [-0.3, -0.25) is 9.59 Å². The van der Waals surface area contributed by atoms with Crippen LogP contribution in [-0.4, -0.2) is 11.8 Å². The molecule has 0 radical (unpaired) electrons. The summed E-state index contributed by atoms with van der Waals surface area (Å²) in [6.45, 7) is 0.312. The molecule has 21 heavy (non-hydrogen) atoms. The molecule has 1 aromatic heterocycles. The van der Waals surface area contributed by atoms with Gasteiger partial charge in [-0.2, -0.15) is 5.26 Å². The number of nitriles is 1. The lowest BCUT2D eigenvalue weighted by Gasteiger charge is -2.06. The van der Waals surface area contributed by atoms with Crippen molar-refractivity contribution in [2.45, 2.75) is 13.0 Å². The molecular weight excluding hydrogens is 270 g/mol. The molecule has 0 aliphatic carbocycles. The summed E-state index contributed by atoms with van der Waals surface area (Å²) in [6, 6.07) is 11.7. The number of furan rings is 1. The zero-order valence-corrected chi connectivity index (χ0v) is 11.1. The Bertz CT molecular complexity index is 654. The van der Waals surface area contributed by atoms with E-state index in [0.29, 0.717) is 23.6 Å². The first kappa shape index (κ1) is 14.3. The summed E-state index contributed by atoms with van der Waals surface area (Å²) in [5.41, 5.74) is 1.01. The number of anilines is 1. The van der Waals surface area contributed by atoms with E-state index in [9.17, 15) is 9.59 Å². The summed E-state index contributed by atoms with van der Waals surface area (Å²) < 4.78 is 5.12. The standard InChI is InChI=1S/C15H13N3O3/c16-8-7-14(19)18-12-5-3-11(4-6-12)15(20)17-10-13-2-1-9-21-13/h1-6,9H,7,10H2,(H,17,20)(H,18,19). The van der Waals surface area contributed by atoms with Crippen molar-refractivity contribution in [2.75, 3.05) is 5.32 Å². The number of nitrogens with one attached hydrogen (secondary N) is 2. The molecule has 0 spiro atoms. The fraction of sp³-hybridized carbons (Fsp3) is 0.133. The Kier molecular flexibility index (Phi) is 4.72. The lowest BCUT2D eigenvalue weighted by Crippen LogP contribution is -2.22. The van der Waals surface area contributed by atoms with Gasteiger partial charge in [0.1, 0.15) is 12.2 Å². The molecule has 0 saturated carbocycles. The third-order valence-electron chi connectivity index (χ3n) is 2.67. The molecule has 2 aromatic rings. The fourth-order valence-electron chi connectivity index (χ4n) is 1.66. The minimum absolute atomic E-state index is 0.203. The van der Waals surface area contributed by atoms with Crippen molar-refractivity contribution in [3.63, 3.8) is 0 Å². The van der Waals surface area contributed by atoms with Gasteiger partial charge in [0, 0.05) is 11.3 Å². The highest BCUT2D eigenvalue weighted by molar-refractivity contribution is 5.96. The third-order valence-corrected chi connectivity index (χ3v) is 2.67.